The van der Waals surface area contributed by atoms with Crippen LogP contribution in [0.4, 0.5) is 0 Å². The van der Waals surface area contributed by atoms with Crippen molar-refractivity contribution in [1.29, 1.82) is 0 Å². The number of hydrogen-bond donors (Lipinski definition) is 1. The first kappa shape index (κ1) is 11.5. The maximum Gasteiger partial charge on any atom is 0.229 e. The highest BCUT2D eigenvalue weighted by molar-refractivity contribution is 5.07. The average Bonchev–Trinajstić information content (AvgIpc) is 2.93. The van der Waals surface area contributed by atoms with E-state index in [1.807, 2.05) is 20.8 Å². The van der Waals surface area contributed by atoms with Gasteiger partial charge in [0.25, 0.3) is 0 Å². The Bertz CT molecular complexity index is 356. The van der Waals surface area contributed by atoms with Crippen LogP contribution in [0.2, 0.25) is 0 Å². The quantitative estimate of drug-likeness (QED) is 0.822. The maximum atomic E-state index is 6.11. The molecular formula is C11H19N3O2. The highest BCUT2D eigenvalue weighted by Gasteiger charge is 2.33. The lowest BCUT2D eigenvalue weighted by molar-refractivity contribution is 0.0410. The monoisotopic (exact) mass is 225 g/mol. The molecule has 0 radical (unpaired) electrons. The van der Waals surface area contributed by atoms with Gasteiger partial charge in [-0.15, -0.1) is 0 Å². The van der Waals surface area contributed by atoms with Gasteiger partial charge in [0.1, 0.15) is 5.54 Å². The minimum Gasteiger partial charge on any atom is -0.376 e. The zero-order chi connectivity index (χ0) is 11.8. The smallest absolute Gasteiger partial charge is 0.229 e. The summed E-state index contributed by atoms with van der Waals surface area (Å²) in [5.41, 5.74) is 5.43. The predicted octanol–water partition coefficient (Wildman–Crippen LogP) is 1.55. The summed E-state index contributed by atoms with van der Waals surface area (Å²) >= 11 is 0. The minimum absolute atomic E-state index is 0.151. The Morgan fingerprint density at radius 1 is 1.56 bits per heavy atom. The van der Waals surface area contributed by atoms with Gasteiger partial charge < -0.3 is 15.0 Å². The topological polar surface area (TPSA) is 74.2 Å². The van der Waals surface area contributed by atoms with Crippen LogP contribution < -0.4 is 5.73 Å². The molecule has 1 atom stereocenters. The Hall–Kier alpha value is -0.940. The Labute approximate surface area is 95.3 Å². The largest absolute Gasteiger partial charge is 0.376 e. The van der Waals surface area contributed by atoms with Gasteiger partial charge in [-0.3, -0.25) is 0 Å². The van der Waals surface area contributed by atoms with E-state index in [4.69, 9.17) is 15.0 Å². The van der Waals surface area contributed by atoms with Crippen molar-refractivity contribution in [3.05, 3.63) is 11.7 Å². The third-order valence-electron chi connectivity index (χ3n) is 2.60. The van der Waals surface area contributed by atoms with E-state index in [0.717, 1.165) is 18.7 Å². The van der Waals surface area contributed by atoms with E-state index in [1.54, 1.807) is 0 Å². The molecule has 0 spiro atoms. The van der Waals surface area contributed by atoms with Crippen LogP contribution in [-0.4, -0.2) is 22.9 Å². The van der Waals surface area contributed by atoms with Crippen molar-refractivity contribution in [3.8, 4) is 0 Å². The van der Waals surface area contributed by atoms with Gasteiger partial charge >= 0.3 is 0 Å². The van der Waals surface area contributed by atoms with Crippen LogP contribution in [0.25, 0.3) is 0 Å². The maximum absolute atomic E-state index is 6.11. The standard InChI is InChI=1S/C11H19N3O2/c1-7(2)15-6-11(3,12)10-13-9(16-14-10)8-4-5-8/h7-8H,4-6,12H2,1-3H3. The van der Waals surface area contributed by atoms with Gasteiger partial charge in [0.05, 0.1) is 12.7 Å². The fourth-order valence-corrected chi connectivity index (χ4v) is 1.37. The van der Waals surface area contributed by atoms with E-state index in [1.165, 1.54) is 0 Å². The molecule has 5 heteroatoms. The fourth-order valence-electron chi connectivity index (χ4n) is 1.37. The predicted molar refractivity (Wildman–Crippen MR) is 58.9 cm³/mol. The van der Waals surface area contributed by atoms with Gasteiger partial charge in [-0.25, -0.2) is 0 Å². The Kier molecular flexibility index (Phi) is 2.99. The van der Waals surface area contributed by atoms with Gasteiger partial charge in [0, 0.05) is 5.92 Å². The second-order valence-electron chi connectivity index (χ2n) is 5.01. The van der Waals surface area contributed by atoms with Gasteiger partial charge in [-0.2, -0.15) is 4.98 Å². The molecule has 0 aliphatic heterocycles. The molecule has 1 aliphatic carbocycles. The van der Waals surface area contributed by atoms with Crippen molar-refractivity contribution < 1.29 is 9.26 Å². The van der Waals surface area contributed by atoms with Gasteiger partial charge in [-0.1, -0.05) is 5.16 Å². The Morgan fingerprint density at radius 3 is 2.81 bits per heavy atom. The normalized spacial score (nSPS) is 20.1. The van der Waals surface area contributed by atoms with E-state index >= 15 is 0 Å². The summed E-state index contributed by atoms with van der Waals surface area (Å²) in [6, 6.07) is 0. The second kappa shape index (κ2) is 4.14. The van der Waals surface area contributed by atoms with Crippen LogP contribution in [0.15, 0.2) is 4.52 Å². The lowest BCUT2D eigenvalue weighted by atomic mass is 10.1. The van der Waals surface area contributed by atoms with E-state index in [2.05, 4.69) is 10.1 Å². The van der Waals surface area contributed by atoms with E-state index in [9.17, 15) is 0 Å². The number of aromatic nitrogens is 2. The zero-order valence-electron chi connectivity index (χ0n) is 10.1. The van der Waals surface area contributed by atoms with Crippen molar-refractivity contribution in [2.45, 2.75) is 51.2 Å². The first-order chi connectivity index (χ1) is 7.49. The minimum atomic E-state index is -0.680. The van der Waals surface area contributed by atoms with Crippen LogP contribution in [0, 0.1) is 0 Å². The molecule has 1 saturated carbocycles. The molecule has 0 bridgehead atoms. The van der Waals surface area contributed by atoms with Crippen LogP contribution in [-0.2, 0) is 10.3 Å². The summed E-state index contributed by atoms with van der Waals surface area (Å²) in [5, 5.41) is 3.94. The number of nitrogens with two attached hydrogens (primary N) is 1. The van der Waals surface area contributed by atoms with E-state index in [0.29, 0.717) is 18.3 Å². The third-order valence-corrected chi connectivity index (χ3v) is 2.60. The molecule has 16 heavy (non-hydrogen) atoms. The Balaban J connectivity index is 2.02. The molecule has 0 amide bonds. The third kappa shape index (κ3) is 2.59. The second-order valence-corrected chi connectivity index (χ2v) is 5.01. The molecule has 1 aromatic heterocycles. The van der Waals surface area contributed by atoms with Gasteiger partial charge in [0.15, 0.2) is 5.82 Å². The molecule has 2 rings (SSSR count). The van der Waals surface area contributed by atoms with Crippen molar-refractivity contribution in [2.75, 3.05) is 6.61 Å². The number of nitrogens with zero attached hydrogens (tertiary/aromatic N) is 2. The fraction of sp³-hybridized carbons (Fsp3) is 0.818. The van der Waals surface area contributed by atoms with Crippen LogP contribution in [0.1, 0.15) is 51.2 Å². The van der Waals surface area contributed by atoms with E-state index in [-0.39, 0.29) is 6.10 Å². The van der Waals surface area contributed by atoms with Gasteiger partial charge in [0.2, 0.25) is 5.89 Å². The lowest BCUT2D eigenvalue weighted by Crippen LogP contribution is -2.40. The number of hydrogen-bond acceptors (Lipinski definition) is 5. The molecule has 1 unspecified atom stereocenters. The molecule has 0 aromatic carbocycles. The summed E-state index contributed by atoms with van der Waals surface area (Å²) < 4.78 is 10.7. The number of ether oxygens (including phenoxy) is 1. The lowest BCUT2D eigenvalue weighted by Gasteiger charge is -2.21. The molecule has 90 valence electrons. The molecule has 1 aromatic rings. The molecular weight excluding hydrogens is 206 g/mol. The molecule has 1 heterocycles. The summed E-state index contributed by atoms with van der Waals surface area (Å²) in [7, 11) is 0. The van der Waals surface area contributed by atoms with Gasteiger partial charge in [-0.05, 0) is 33.6 Å². The number of rotatable bonds is 5. The van der Waals surface area contributed by atoms with E-state index < -0.39 is 5.54 Å². The van der Waals surface area contributed by atoms with Crippen LogP contribution in [0.3, 0.4) is 0 Å². The SMILES string of the molecule is CC(C)OCC(C)(N)c1noc(C2CC2)n1. The summed E-state index contributed by atoms with van der Waals surface area (Å²) in [6.07, 6.45) is 2.44. The zero-order valence-corrected chi connectivity index (χ0v) is 10.1. The summed E-state index contributed by atoms with van der Waals surface area (Å²) in [6.45, 7) is 6.20. The molecule has 5 nitrogen and oxygen atoms in total. The van der Waals surface area contributed by atoms with Crippen molar-refractivity contribution >= 4 is 0 Å². The molecule has 1 aliphatic rings. The molecule has 0 saturated heterocycles. The van der Waals surface area contributed by atoms with Crippen LogP contribution in [0.5, 0.6) is 0 Å². The van der Waals surface area contributed by atoms with Crippen molar-refractivity contribution in [3.63, 3.8) is 0 Å². The average molecular weight is 225 g/mol. The highest BCUT2D eigenvalue weighted by Crippen LogP contribution is 2.39. The summed E-state index contributed by atoms with van der Waals surface area (Å²) in [4.78, 5) is 4.34. The first-order valence-corrected chi connectivity index (χ1v) is 5.73. The Morgan fingerprint density at radius 2 is 2.25 bits per heavy atom. The summed E-state index contributed by atoms with van der Waals surface area (Å²) in [5.74, 6) is 1.72. The highest BCUT2D eigenvalue weighted by atomic mass is 16.5. The molecule has 2 N–H and O–H groups in total. The first-order valence-electron chi connectivity index (χ1n) is 5.73. The van der Waals surface area contributed by atoms with Crippen molar-refractivity contribution in [2.24, 2.45) is 5.73 Å². The van der Waals surface area contributed by atoms with Crippen LogP contribution >= 0.6 is 0 Å². The van der Waals surface area contributed by atoms with Crippen molar-refractivity contribution in [1.82, 2.24) is 10.1 Å². The molecule has 1 fully saturated rings.